The number of hydrogen-bond donors (Lipinski definition) is 2. The van der Waals surface area contributed by atoms with Gasteiger partial charge in [0.2, 0.25) is 0 Å². The molecule has 0 bridgehead atoms. The highest BCUT2D eigenvalue weighted by molar-refractivity contribution is 5.78. The molecule has 8 heteroatoms. The Balaban J connectivity index is 2.13. The van der Waals surface area contributed by atoms with Crippen LogP contribution in [0.2, 0.25) is 0 Å². The lowest BCUT2D eigenvalue weighted by Crippen LogP contribution is -2.33. The lowest BCUT2D eigenvalue weighted by molar-refractivity contribution is -0.169. The zero-order chi connectivity index (χ0) is 26.9. The fourth-order valence-electron chi connectivity index (χ4n) is 4.39. The molecule has 2 rings (SSSR count). The smallest absolute Gasteiger partial charge is 0.307 e. The van der Waals surface area contributed by atoms with Gasteiger partial charge in [-0.1, -0.05) is 39.8 Å². The third-order valence-corrected chi connectivity index (χ3v) is 6.85. The van der Waals surface area contributed by atoms with Gasteiger partial charge in [0, 0.05) is 0 Å². The molecule has 0 radical (unpaired) electrons. The minimum atomic E-state index is -0.916. The van der Waals surface area contributed by atoms with Crippen LogP contribution in [0.1, 0.15) is 77.3 Å². The Hall–Kier alpha value is -3.42. The van der Waals surface area contributed by atoms with Crippen LogP contribution >= 0.6 is 0 Å². The topological polar surface area (TPSA) is 112 Å². The van der Waals surface area contributed by atoms with Crippen LogP contribution < -0.4 is 9.47 Å². The Kier molecular flexibility index (Phi) is 10.0. The van der Waals surface area contributed by atoms with E-state index in [1.165, 1.54) is 26.4 Å². The van der Waals surface area contributed by atoms with E-state index in [2.05, 4.69) is 0 Å². The summed E-state index contributed by atoms with van der Waals surface area (Å²) in [6.45, 7) is 7.64. The molecule has 0 spiro atoms. The molecule has 0 heterocycles. The Labute approximate surface area is 213 Å². The van der Waals surface area contributed by atoms with Gasteiger partial charge in [-0.3, -0.25) is 9.59 Å². The molecule has 0 aromatic heterocycles. The molecule has 0 atom stereocenters. The summed E-state index contributed by atoms with van der Waals surface area (Å²) in [5, 5.41) is 19.9. The third kappa shape index (κ3) is 6.22. The number of methoxy groups -OCH3 is 2. The van der Waals surface area contributed by atoms with Crippen molar-refractivity contribution in [1.82, 2.24) is 0 Å². The molecule has 0 aliphatic heterocycles. The molecule has 0 amide bonds. The first-order chi connectivity index (χ1) is 17.1. The average molecular weight is 503 g/mol. The minimum absolute atomic E-state index is 0.00184. The van der Waals surface area contributed by atoms with Crippen LogP contribution in [0.25, 0.3) is 0 Å². The van der Waals surface area contributed by atoms with Crippen molar-refractivity contribution in [2.75, 3.05) is 14.2 Å². The molecule has 2 aromatic rings. The van der Waals surface area contributed by atoms with E-state index in [-0.39, 0.29) is 24.3 Å². The van der Waals surface area contributed by atoms with E-state index in [0.29, 0.717) is 48.3 Å². The summed E-state index contributed by atoms with van der Waals surface area (Å²) in [6, 6.07) is 9.74. The van der Waals surface area contributed by atoms with E-state index >= 15 is 0 Å². The van der Waals surface area contributed by atoms with E-state index in [1.807, 2.05) is 27.7 Å². The van der Waals surface area contributed by atoms with Gasteiger partial charge in [0.05, 0.1) is 27.1 Å². The zero-order valence-electron chi connectivity index (χ0n) is 22.1. The maximum Gasteiger partial charge on any atom is 0.307 e. The van der Waals surface area contributed by atoms with Crippen molar-refractivity contribution in [2.45, 2.75) is 77.4 Å². The average Bonchev–Trinajstić information content (AvgIpc) is 2.90. The predicted octanol–water partition coefficient (Wildman–Crippen LogP) is 5.71. The number of aromatic hydroxyl groups is 2. The molecule has 0 aliphatic carbocycles. The highest BCUT2D eigenvalue weighted by atomic mass is 16.6. The number of hydrogen-bond acceptors (Lipinski definition) is 8. The molecule has 2 aromatic carbocycles. The second kappa shape index (κ2) is 12.5. The first kappa shape index (κ1) is 28.8. The van der Waals surface area contributed by atoms with E-state index in [4.69, 9.17) is 18.9 Å². The molecule has 0 aliphatic rings. The number of benzene rings is 2. The lowest BCUT2D eigenvalue weighted by Gasteiger charge is -2.33. The standard InChI is InChI=1S/C28H38O8/c1-7-27(8-2,19-11-13-21(29)23(17-19)33-5)35-25(31)15-16-26(32)36-28(9-3,10-4)20-12-14-22(30)24(18-20)34-6/h11-14,17-18,29-30H,7-10,15-16H2,1-6H3. The summed E-state index contributed by atoms with van der Waals surface area (Å²) in [7, 11) is 2.91. The number of esters is 2. The molecule has 0 unspecified atom stereocenters. The first-order valence-electron chi connectivity index (χ1n) is 12.3. The van der Waals surface area contributed by atoms with E-state index < -0.39 is 23.1 Å². The molecule has 198 valence electrons. The SMILES string of the molecule is CCC(CC)(OC(=O)CCC(=O)OC(CC)(CC)c1ccc(O)c(OC)c1)c1ccc(O)c(OC)c1. The molecular formula is C28H38O8. The van der Waals surface area contributed by atoms with Crippen LogP contribution in [-0.2, 0) is 30.3 Å². The highest BCUT2D eigenvalue weighted by Gasteiger charge is 2.36. The van der Waals surface area contributed by atoms with Gasteiger partial charge in [0.15, 0.2) is 23.0 Å². The van der Waals surface area contributed by atoms with Gasteiger partial charge in [-0.15, -0.1) is 0 Å². The summed E-state index contributed by atoms with van der Waals surface area (Å²) < 4.78 is 22.2. The summed E-state index contributed by atoms with van der Waals surface area (Å²) in [5.74, 6) is -0.462. The monoisotopic (exact) mass is 502 g/mol. The second-order valence-electron chi connectivity index (χ2n) is 8.62. The molecule has 0 saturated carbocycles. The number of phenols is 2. The van der Waals surface area contributed by atoms with Gasteiger partial charge in [0.1, 0.15) is 11.2 Å². The van der Waals surface area contributed by atoms with Crippen molar-refractivity contribution in [3.05, 3.63) is 47.5 Å². The van der Waals surface area contributed by atoms with E-state index in [1.54, 1.807) is 24.3 Å². The van der Waals surface area contributed by atoms with Gasteiger partial charge >= 0.3 is 11.9 Å². The fraction of sp³-hybridized carbons (Fsp3) is 0.500. The number of phenolic OH excluding ortho intramolecular Hbond substituents is 2. The summed E-state index contributed by atoms with van der Waals surface area (Å²) >= 11 is 0. The largest absolute Gasteiger partial charge is 0.504 e. The van der Waals surface area contributed by atoms with Gasteiger partial charge in [-0.05, 0) is 61.1 Å². The summed E-state index contributed by atoms with van der Waals surface area (Å²) in [6.07, 6.45) is 1.74. The molecule has 2 N–H and O–H groups in total. The fourth-order valence-corrected chi connectivity index (χ4v) is 4.39. The van der Waals surface area contributed by atoms with Crippen LogP contribution in [-0.4, -0.2) is 36.4 Å². The molecule has 0 saturated heterocycles. The predicted molar refractivity (Wildman–Crippen MR) is 135 cm³/mol. The first-order valence-corrected chi connectivity index (χ1v) is 12.3. The highest BCUT2D eigenvalue weighted by Crippen LogP contribution is 2.40. The summed E-state index contributed by atoms with van der Waals surface area (Å²) in [4.78, 5) is 25.6. The van der Waals surface area contributed by atoms with Gasteiger partial charge in [0.25, 0.3) is 0 Å². The maximum absolute atomic E-state index is 12.8. The third-order valence-electron chi connectivity index (χ3n) is 6.85. The number of carbonyl (C=O) groups excluding carboxylic acids is 2. The van der Waals surface area contributed by atoms with Crippen LogP contribution in [0.3, 0.4) is 0 Å². The Bertz CT molecular complexity index is 954. The van der Waals surface area contributed by atoms with Crippen molar-refractivity contribution in [3.8, 4) is 23.0 Å². The Morgan fingerprint density at radius 1 is 0.667 bits per heavy atom. The molecular weight excluding hydrogens is 464 g/mol. The van der Waals surface area contributed by atoms with Crippen molar-refractivity contribution >= 4 is 11.9 Å². The molecule has 8 nitrogen and oxygen atoms in total. The van der Waals surface area contributed by atoms with Gasteiger partial charge in [-0.2, -0.15) is 0 Å². The summed E-state index contributed by atoms with van der Waals surface area (Å²) in [5.41, 5.74) is -0.423. The van der Waals surface area contributed by atoms with Crippen LogP contribution in [0, 0.1) is 0 Å². The minimum Gasteiger partial charge on any atom is -0.504 e. The molecule has 0 fully saturated rings. The van der Waals surface area contributed by atoms with Crippen molar-refractivity contribution < 1.29 is 38.7 Å². The van der Waals surface area contributed by atoms with Gasteiger partial charge in [-0.25, -0.2) is 0 Å². The van der Waals surface area contributed by atoms with E-state index in [9.17, 15) is 19.8 Å². The zero-order valence-corrected chi connectivity index (χ0v) is 22.1. The Morgan fingerprint density at radius 2 is 1.00 bits per heavy atom. The van der Waals surface area contributed by atoms with Crippen LogP contribution in [0.5, 0.6) is 23.0 Å². The molecule has 36 heavy (non-hydrogen) atoms. The normalized spacial score (nSPS) is 11.6. The lowest BCUT2D eigenvalue weighted by atomic mass is 9.87. The number of ether oxygens (including phenoxy) is 4. The van der Waals surface area contributed by atoms with E-state index in [0.717, 1.165) is 0 Å². The van der Waals surface area contributed by atoms with Crippen molar-refractivity contribution in [1.29, 1.82) is 0 Å². The number of carbonyl (C=O) groups is 2. The second-order valence-corrected chi connectivity index (χ2v) is 8.62. The van der Waals surface area contributed by atoms with Crippen LogP contribution in [0.4, 0.5) is 0 Å². The van der Waals surface area contributed by atoms with Gasteiger partial charge < -0.3 is 29.2 Å². The Morgan fingerprint density at radius 3 is 1.28 bits per heavy atom. The quantitative estimate of drug-likeness (QED) is 0.335. The number of rotatable bonds is 13. The van der Waals surface area contributed by atoms with Crippen LogP contribution in [0.15, 0.2) is 36.4 Å². The van der Waals surface area contributed by atoms with Crippen molar-refractivity contribution in [3.63, 3.8) is 0 Å². The maximum atomic E-state index is 12.8. The van der Waals surface area contributed by atoms with Crippen molar-refractivity contribution in [2.24, 2.45) is 0 Å².